The first kappa shape index (κ1) is 27.0. The van der Waals surface area contributed by atoms with Gasteiger partial charge in [-0.05, 0) is 65.9 Å². The molecule has 0 aliphatic carbocycles. The minimum Gasteiger partial charge on any atom is -0.545 e. The van der Waals surface area contributed by atoms with Crippen molar-refractivity contribution in [3.63, 3.8) is 0 Å². The van der Waals surface area contributed by atoms with Crippen molar-refractivity contribution in [3.05, 3.63) is 88.7 Å². The number of aliphatic carboxylic acids is 1. The number of hydrogen-bond acceptors (Lipinski definition) is 8. The molecule has 10 heteroatoms. The molecule has 0 atom stereocenters. The number of hydrogen-bond donors (Lipinski definition) is 0. The van der Waals surface area contributed by atoms with Crippen LogP contribution in [-0.2, 0) is 11.2 Å². The van der Waals surface area contributed by atoms with Crippen molar-refractivity contribution in [2.45, 2.75) is 11.3 Å². The predicted molar refractivity (Wildman–Crippen MR) is 129 cm³/mol. The van der Waals surface area contributed by atoms with Crippen LogP contribution in [0.3, 0.4) is 0 Å². The van der Waals surface area contributed by atoms with Gasteiger partial charge in [-0.2, -0.15) is 8.75 Å². The molecule has 0 saturated carbocycles. The van der Waals surface area contributed by atoms with E-state index in [4.69, 9.17) is 4.74 Å². The van der Waals surface area contributed by atoms with E-state index in [0.717, 1.165) is 16.6 Å². The number of nitrogens with zero attached hydrogens (tertiary/aromatic N) is 2. The molecule has 1 heterocycles. The molecule has 3 aromatic carbocycles. The van der Waals surface area contributed by atoms with Crippen LogP contribution in [0.2, 0.25) is 0 Å². The van der Waals surface area contributed by atoms with Crippen LogP contribution in [0.4, 0.5) is 4.39 Å². The average molecular weight is 517 g/mol. The Hall–Kier alpha value is -2.56. The maximum Gasteiger partial charge on any atom is 1.00 e. The zero-order valence-corrected chi connectivity index (χ0v) is 22.8. The number of benzene rings is 3. The summed E-state index contributed by atoms with van der Waals surface area (Å²) in [5.74, 6) is -2.56. The Morgan fingerprint density at radius 1 is 1.00 bits per heavy atom. The summed E-state index contributed by atoms with van der Waals surface area (Å²) in [6.07, 6.45) is 1.79. The van der Waals surface area contributed by atoms with Crippen LogP contribution >= 0.6 is 23.5 Å². The minimum absolute atomic E-state index is 0. The SMILES string of the molecule is COc1ccc(C/C(C(=O)c2ccc(SC)cc2)=C(\C(=O)[O-])c2ccc3nsnc3c2)cc1F.[Na+]. The molecule has 0 radical (unpaired) electrons. The summed E-state index contributed by atoms with van der Waals surface area (Å²) < 4.78 is 27.6. The first-order valence-electron chi connectivity index (χ1n) is 10.1. The molecule has 1 aromatic heterocycles. The summed E-state index contributed by atoms with van der Waals surface area (Å²) in [6.45, 7) is 0. The molecule has 0 fully saturated rings. The van der Waals surface area contributed by atoms with Gasteiger partial charge < -0.3 is 14.6 Å². The smallest absolute Gasteiger partial charge is 0.545 e. The maximum absolute atomic E-state index is 14.4. The Morgan fingerprint density at radius 2 is 1.69 bits per heavy atom. The quantitative estimate of drug-likeness (QED) is 0.150. The standard InChI is InChI=1S/C25H19FN2O4S2.Na/c1-32-22-10-3-14(12-19(22)26)11-18(24(29)15-4-7-17(33-2)8-5-15)23(25(30)31)16-6-9-20-21(13-16)28-34-27-20;/h3-10,12-13H,11H2,1-2H3,(H,30,31);/q;+1/p-1/b23-18+;. The third-order valence-electron chi connectivity index (χ3n) is 5.27. The van der Waals surface area contributed by atoms with E-state index in [2.05, 4.69) is 8.75 Å². The average Bonchev–Trinajstić information content (AvgIpc) is 3.31. The van der Waals surface area contributed by atoms with Crippen LogP contribution in [0, 0.1) is 5.82 Å². The van der Waals surface area contributed by atoms with Crippen molar-refractivity contribution in [2.75, 3.05) is 13.4 Å². The molecule has 0 amide bonds. The number of thioether (sulfide) groups is 1. The van der Waals surface area contributed by atoms with Crippen molar-refractivity contribution in [1.82, 2.24) is 8.75 Å². The fourth-order valence-corrected chi connectivity index (χ4v) is 4.50. The fourth-order valence-electron chi connectivity index (χ4n) is 3.58. The molecular formula is C25H18FN2NaO4S2. The summed E-state index contributed by atoms with van der Waals surface area (Å²) in [4.78, 5) is 26.9. The fraction of sp³-hybridized carbons (Fsp3) is 0.120. The van der Waals surface area contributed by atoms with Gasteiger partial charge in [-0.1, -0.05) is 12.1 Å². The van der Waals surface area contributed by atoms with Crippen molar-refractivity contribution >= 4 is 51.8 Å². The number of ether oxygens (including phenoxy) is 1. The van der Waals surface area contributed by atoms with Crippen LogP contribution in [0.1, 0.15) is 21.5 Å². The van der Waals surface area contributed by atoms with Gasteiger partial charge in [-0.15, -0.1) is 11.8 Å². The number of halogens is 1. The van der Waals surface area contributed by atoms with Crippen LogP contribution in [-0.4, -0.2) is 33.9 Å². The molecule has 6 nitrogen and oxygen atoms in total. The number of ketones is 1. The zero-order valence-electron chi connectivity index (χ0n) is 19.2. The summed E-state index contributed by atoms with van der Waals surface area (Å²) in [5.41, 5.74) is 1.82. The van der Waals surface area contributed by atoms with Gasteiger partial charge >= 0.3 is 29.6 Å². The molecule has 0 aliphatic rings. The van der Waals surface area contributed by atoms with E-state index < -0.39 is 17.6 Å². The normalized spacial score (nSPS) is 11.5. The molecule has 0 saturated heterocycles. The van der Waals surface area contributed by atoms with E-state index in [0.29, 0.717) is 22.2 Å². The van der Waals surface area contributed by atoms with E-state index in [-0.39, 0.29) is 58.4 Å². The molecule has 4 rings (SSSR count). The number of rotatable bonds is 8. The van der Waals surface area contributed by atoms with E-state index >= 15 is 0 Å². The van der Waals surface area contributed by atoms with Gasteiger partial charge in [-0.3, -0.25) is 4.79 Å². The van der Waals surface area contributed by atoms with Gasteiger partial charge in [0.2, 0.25) is 0 Å². The van der Waals surface area contributed by atoms with Gasteiger partial charge in [0, 0.05) is 28.0 Å². The third kappa shape index (κ3) is 5.99. The van der Waals surface area contributed by atoms with Crippen molar-refractivity contribution in [3.8, 4) is 5.75 Å². The number of carboxylic acids is 1. The number of carboxylic acid groups (broad SMARTS) is 1. The van der Waals surface area contributed by atoms with E-state index in [1.165, 1.54) is 31.0 Å². The van der Waals surface area contributed by atoms with Crippen LogP contribution < -0.4 is 39.4 Å². The number of carbonyl (C=O) groups is 2. The van der Waals surface area contributed by atoms with Crippen LogP contribution in [0.25, 0.3) is 16.6 Å². The number of carbonyl (C=O) groups excluding carboxylic acids is 2. The Labute approximate surface area is 231 Å². The first-order chi connectivity index (χ1) is 16.4. The Kier molecular flexibility index (Phi) is 9.21. The van der Waals surface area contributed by atoms with Crippen molar-refractivity contribution in [2.24, 2.45) is 0 Å². The summed E-state index contributed by atoms with van der Waals surface area (Å²) in [6, 6.07) is 15.9. The Morgan fingerprint density at radius 3 is 2.31 bits per heavy atom. The van der Waals surface area contributed by atoms with E-state index in [1.807, 2.05) is 6.26 Å². The Balaban J connectivity index is 0.00000342. The second-order valence-corrected chi connectivity index (χ2v) is 8.72. The summed E-state index contributed by atoms with van der Waals surface area (Å²) >= 11 is 2.53. The van der Waals surface area contributed by atoms with Crippen molar-refractivity contribution < 1.29 is 53.4 Å². The zero-order chi connectivity index (χ0) is 24.2. The molecule has 4 aromatic rings. The number of aromatic nitrogens is 2. The summed E-state index contributed by atoms with van der Waals surface area (Å²) in [7, 11) is 1.35. The molecule has 0 bridgehead atoms. The molecule has 0 aliphatic heterocycles. The topological polar surface area (TPSA) is 92.2 Å². The summed E-state index contributed by atoms with van der Waals surface area (Å²) in [5, 5.41) is 12.4. The van der Waals surface area contributed by atoms with Gasteiger partial charge in [0.25, 0.3) is 0 Å². The molecule has 35 heavy (non-hydrogen) atoms. The van der Waals surface area contributed by atoms with Gasteiger partial charge in [0.15, 0.2) is 17.3 Å². The van der Waals surface area contributed by atoms with E-state index in [1.54, 1.807) is 48.5 Å². The predicted octanol–water partition coefficient (Wildman–Crippen LogP) is 1.19. The van der Waals surface area contributed by atoms with Gasteiger partial charge in [0.1, 0.15) is 11.0 Å². The number of Topliss-reactive ketones (excluding diaryl/α,β-unsaturated/α-hetero) is 1. The van der Waals surface area contributed by atoms with Crippen molar-refractivity contribution in [1.29, 1.82) is 0 Å². The molecular weight excluding hydrogens is 498 g/mol. The second-order valence-electron chi connectivity index (χ2n) is 7.31. The van der Waals surface area contributed by atoms with E-state index in [9.17, 15) is 19.1 Å². The van der Waals surface area contributed by atoms with Gasteiger partial charge in [-0.25, -0.2) is 4.39 Å². The van der Waals surface area contributed by atoms with Crippen LogP contribution in [0.5, 0.6) is 5.75 Å². The number of allylic oxidation sites excluding steroid dienone is 1. The maximum atomic E-state index is 14.4. The minimum atomic E-state index is -1.51. The third-order valence-corrected chi connectivity index (χ3v) is 6.57. The second kappa shape index (κ2) is 11.9. The monoisotopic (exact) mass is 516 g/mol. The molecule has 172 valence electrons. The van der Waals surface area contributed by atoms with Crippen LogP contribution in [0.15, 0.2) is 71.1 Å². The first-order valence-corrected chi connectivity index (χ1v) is 12.0. The van der Waals surface area contributed by atoms with Gasteiger partial charge in [0.05, 0.1) is 24.8 Å². The number of fused-ring (bicyclic) bond motifs is 1. The molecule has 0 spiro atoms. The Bertz CT molecular complexity index is 1420. The largest absolute Gasteiger partial charge is 1.00 e. The molecule has 0 N–H and O–H groups in total. The molecule has 0 unspecified atom stereocenters. The number of methoxy groups -OCH3 is 1.